The lowest BCUT2D eigenvalue weighted by atomic mass is 10.0. The van der Waals surface area contributed by atoms with E-state index in [0.717, 1.165) is 60.6 Å². The lowest BCUT2D eigenvalue weighted by Crippen LogP contribution is -2.30. The summed E-state index contributed by atoms with van der Waals surface area (Å²) in [5.41, 5.74) is 3.44. The summed E-state index contributed by atoms with van der Waals surface area (Å²) < 4.78 is 17.6. The van der Waals surface area contributed by atoms with Gasteiger partial charge in [-0.2, -0.15) is 0 Å². The molecule has 3 aromatic rings. The Balaban J connectivity index is 1.20. The van der Waals surface area contributed by atoms with Crippen molar-refractivity contribution in [2.24, 2.45) is 5.92 Å². The number of hydrogen-bond acceptors (Lipinski definition) is 5. The summed E-state index contributed by atoms with van der Waals surface area (Å²) >= 11 is 0. The summed E-state index contributed by atoms with van der Waals surface area (Å²) in [6, 6.07) is 14.6. The van der Waals surface area contributed by atoms with Crippen molar-refractivity contribution < 1.29 is 18.7 Å². The summed E-state index contributed by atoms with van der Waals surface area (Å²) in [5.74, 6) is 3.68. The van der Waals surface area contributed by atoms with Crippen molar-refractivity contribution in [3.05, 3.63) is 65.7 Å². The number of aryl methyl sites for hydroxylation is 1. The number of oxazole rings is 1. The molecule has 184 valence electrons. The topological polar surface area (TPSA) is 64.8 Å². The zero-order chi connectivity index (χ0) is 24.2. The number of ether oxygens (including phenoxy) is 2. The van der Waals surface area contributed by atoms with Crippen LogP contribution in [-0.4, -0.2) is 35.5 Å². The largest absolute Gasteiger partial charge is 0.490 e. The predicted molar refractivity (Wildman–Crippen MR) is 135 cm³/mol. The van der Waals surface area contributed by atoms with Gasteiger partial charge in [-0.3, -0.25) is 4.79 Å². The Hall–Kier alpha value is -3.28. The quantitative estimate of drug-likeness (QED) is 0.420. The Labute approximate surface area is 207 Å². The van der Waals surface area contributed by atoms with Crippen LogP contribution in [0, 0.1) is 5.92 Å². The zero-order valence-corrected chi connectivity index (χ0v) is 20.7. The van der Waals surface area contributed by atoms with Crippen molar-refractivity contribution in [3.8, 4) is 22.8 Å². The third kappa shape index (κ3) is 5.53. The molecule has 0 radical (unpaired) electrons. The van der Waals surface area contributed by atoms with Gasteiger partial charge < -0.3 is 18.8 Å². The molecule has 6 nitrogen and oxygen atoms in total. The van der Waals surface area contributed by atoms with Crippen molar-refractivity contribution >= 4 is 5.91 Å². The summed E-state index contributed by atoms with van der Waals surface area (Å²) in [7, 11) is 0. The fraction of sp³-hybridized carbons (Fsp3) is 0.448. The first-order chi connectivity index (χ1) is 17.1. The maximum absolute atomic E-state index is 13.1. The maximum atomic E-state index is 13.1. The van der Waals surface area contributed by atoms with Crippen LogP contribution in [0.4, 0.5) is 0 Å². The molecular weight excluding hydrogens is 440 g/mol. The number of likely N-dealkylation sites (tertiary alicyclic amines) is 1. The number of nitrogens with zero attached hydrogens (tertiary/aromatic N) is 2. The SMILES string of the molecule is CC(C)Cc1ccc(-c2cnc(CCC(=O)N3CCCC3c3ccc4c(c3)OCCCO4)o2)cc1. The molecule has 0 N–H and O–H groups in total. The van der Waals surface area contributed by atoms with Crippen LogP contribution < -0.4 is 9.47 Å². The monoisotopic (exact) mass is 474 g/mol. The molecule has 2 aliphatic rings. The highest BCUT2D eigenvalue weighted by molar-refractivity contribution is 5.77. The number of aromatic nitrogens is 1. The van der Waals surface area contributed by atoms with Crippen molar-refractivity contribution in [2.45, 2.75) is 58.4 Å². The van der Waals surface area contributed by atoms with E-state index in [1.165, 1.54) is 5.56 Å². The molecule has 1 unspecified atom stereocenters. The smallest absolute Gasteiger partial charge is 0.223 e. The Morgan fingerprint density at radius 1 is 1.06 bits per heavy atom. The molecule has 1 atom stereocenters. The van der Waals surface area contributed by atoms with Crippen LogP contribution in [0.2, 0.25) is 0 Å². The highest BCUT2D eigenvalue weighted by Gasteiger charge is 2.30. The first-order valence-electron chi connectivity index (χ1n) is 12.8. The Morgan fingerprint density at radius 3 is 2.66 bits per heavy atom. The molecule has 1 aromatic heterocycles. The molecule has 0 saturated carbocycles. The van der Waals surface area contributed by atoms with Crippen LogP contribution in [0.25, 0.3) is 11.3 Å². The van der Waals surface area contributed by atoms with Crippen LogP contribution in [0.3, 0.4) is 0 Å². The normalized spacial score (nSPS) is 17.6. The van der Waals surface area contributed by atoms with Crippen molar-refractivity contribution in [1.82, 2.24) is 9.88 Å². The molecule has 1 fully saturated rings. The van der Waals surface area contributed by atoms with E-state index in [2.05, 4.69) is 49.2 Å². The molecule has 5 rings (SSSR count). The van der Waals surface area contributed by atoms with Crippen molar-refractivity contribution in [2.75, 3.05) is 19.8 Å². The van der Waals surface area contributed by atoms with Crippen molar-refractivity contribution in [1.29, 1.82) is 0 Å². The second-order valence-corrected chi connectivity index (χ2v) is 9.91. The maximum Gasteiger partial charge on any atom is 0.223 e. The minimum Gasteiger partial charge on any atom is -0.490 e. The van der Waals surface area contributed by atoms with Gasteiger partial charge in [-0.1, -0.05) is 44.2 Å². The van der Waals surface area contributed by atoms with E-state index in [1.54, 1.807) is 6.20 Å². The zero-order valence-electron chi connectivity index (χ0n) is 20.7. The molecule has 1 saturated heterocycles. The van der Waals surface area contributed by atoms with E-state index in [4.69, 9.17) is 13.9 Å². The van der Waals surface area contributed by atoms with Gasteiger partial charge >= 0.3 is 0 Å². The van der Waals surface area contributed by atoms with Gasteiger partial charge in [-0.15, -0.1) is 0 Å². The number of amides is 1. The number of carbonyl (C=O) groups is 1. The van der Waals surface area contributed by atoms with Gasteiger partial charge in [-0.05, 0) is 48.4 Å². The van der Waals surface area contributed by atoms with Gasteiger partial charge in [0, 0.05) is 31.4 Å². The number of hydrogen-bond donors (Lipinski definition) is 0. The molecular formula is C29H34N2O4. The fourth-order valence-electron chi connectivity index (χ4n) is 4.99. The molecule has 3 heterocycles. The minimum atomic E-state index is 0.0733. The summed E-state index contributed by atoms with van der Waals surface area (Å²) in [6.45, 7) is 6.55. The summed E-state index contributed by atoms with van der Waals surface area (Å²) in [6.07, 6.45) is 6.54. The average molecular weight is 475 g/mol. The fourth-order valence-corrected chi connectivity index (χ4v) is 4.99. The molecule has 2 aromatic carbocycles. The lowest BCUT2D eigenvalue weighted by Gasteiger charge is -2.25. The second kappa shape index (κ2) is 10.5. The average Bonchev–Trinajstić information content (AvgIpc) is 3.48. The van der Waals surface area contributed by atoms with Crippen molar-refractivity contribution in [3.63, 3.8) is 0 Å². The van der Waals surface area contributed by atoms with Crippen LogP contribution in [0.1, 0.15) is 62.6 Å². The summed E-state index contributed by atoms with van der Waals surface area (Å²) in [4.78, 5) is 19.6. The van der Waals surface area contributed by atoms with Gasteiger partial charge in [0.2, 0.25) is 5.91 Å². The van der Waals surface area contributed by atoms with E-state index in [1.807, 2.05) is 17.0 Å². The van der Waals surface area contributed by atoms with Gasteiger partial charge in [-0.25, -0.2) is 4.98 Å². The number of benzene rings is 2. The third-order valence-corrected chi connectivity index (χ3v) is 6.72. The highest BCUT2D eigenvalue weighted by atomic mass is 16.5. The lowest BCUT2D eigenvalue weighted by molar-refractivity contribution is -0.132. The first kappa shape index (κ1) is 23.5. The first-order valence-corrected chi connectivity index (χ1v) is 12.8. The van der Waals surface area contributed by atoms with E-state index in [-0.39, 0.29) is 11.9 Å². The van der Waals surface area contributed by atoms with Crippen LogP contribution >= 0.6 is 0 Å². The third-order valence-electron chi connectivity index (χ3n) is 6.72. The Morgan fingerprint density at radius 2 is 1.86 bits per heavy atom. The van der Waals surface area contributed by atoms with Gasteiger partial charge in [0.15, 0.2) is 23.1 Å². The van der Waals surface area contributed by atoms with E-state index < -0.39 is 0 Å². The molecule has 6 heteroatoms. The molecule has 0 spiro atoms. The molecule has 2 aliphatic heterocycles. The summed E-state index contributed by atoms with van der Waals surface area (Å²) in [5, 5.41) is 0. The number of rotatable bonds is 7. The second-order valence-electron chi connectivity index (χ2n) is 9.91. The van der Waals surface area contributed by atoms with Gasteiger partial charge in [0.25, 0.3) is 0 Å². The van der Waals surface area contributed by atoms with Crippen LogP contribution in [0.15, 0.2) is 53.1 Å². The van der Waals surface area contributed by atoms with Gasteiger partial charge in [0.1, 0.15) is 0 Å². The Bertz CT molecular complexity index is 1150. The Kier molecular flexibility index (Phi) is 7.07. The molecule has 1 amide bonds. The number of carbonyl (C=O) groups excluding carboxylic acids is 1. The van der Waals surface area contributed by atoms with Crippen LogP contribution in [0.5, 0.6) is 11.5 Å². The highest BCUT2D eigenvalue weighted by Crippen LogP contribution is 2.38. The molecule has 35 heavy (non-hydrogen) atoms. The van der Waals surface area contributed by atoms with E-state index in [0.29, 0.717) is 37.9 Å². The van der Waals surface area contributed by atoms with Crippen LogP contribution in [-0.2, 0) is 17.6 Å². The number of fused-ring (bicyclic) bond motifs is 1. The molecule has 0 aliphatic carbocycles. The van der Waals surface area contributed by atoms with E-state index in [9.17, 15) is 4.79 Å². The minimum absolute atomic E-state index is 0.0733. The molecule has 0 bridgehead atoms. The standard InChI is InChI=1S/C29H34N2O4/c1-20(2)17-21-6-8-22(9-7-21)27-19-30-28(35-27)12-13-29(32)31-14-3-5-24(31)23-10-11-25-26(18-23)34-16-4-15-33-25/h6-11,18-20,24H,3-5,12-17H2,1-2H3. The van der Waals surface area contributed by atoms with Gasteiger partial charge in [0.05, 0.1) is 25.5 Å². The predicted octanol–water partition coefficient (Wildman–Crippen LogP) is 6.00. The van der Waals surface area contributed by atoms with E-state index >= 15 is 0 Å².